The zero-order valence-corrected chi connectivity index (χ0v) is 13.6. The molecular weight excluding hydrogens is 304 g/mol. The van der Waals surface area contributed by atoms with E-state index in [1.807, 2.05) is 49.1 Å². The molecule has 0 aliphatic carbocycles. The first-order valence-corrected chi connectivity index (χ1v) is 7.89. The van der Waals surface area contributed by atoms with Crippen LogP contribution in [0.1, 0.15) is 29.8 Å². The molecule has 1 aliphatic heterocycles. The average Bonchev–Trinajstić information content (AvgIpc) is 2.92. The number of benzene rings is 1. The maximum absolute atomic E-state index is 13.1. The Hall–Kier alpha value is -2.89. The summed E-state index contributed by atoms with van der Waals surface area (Å²) in [5.74, 6) is 0.769. The van der Waals surface area contributed by atoms with Gasteiger partial charge in [0, 0.05) is 18.3 Å². The Morgan fingerprint density at radius 2 is 2.00 bits per heavy atom. The third-order valence-corrected chi connectivity index (χ3v) is 4.11. The average molecular weight is 322 g/mol. The molecule has 1 aliphatic rings. The monoisotopic (exact) mass is 322 g/mol. The van der Waals surface area contributed by atoms with Crippen molar-refractivity contribution in [3.8, 4) is 5.75 Å². The van der Waals surface area contributed by atoms with E-state index in [1.54, 1.807) is 18.5 Å². The lowest BCUT2D eigenvalue weighted by Crippen LogP contribution is -2.43. The van der Waals surface area contributed by atoms with Gasteiger partial charge in [0.05, 0.1) is 18.3 Å². The lowest BCUT2D eigenvalue weighted by Gasteiger charge is -2.29. The predicted octanol–water partition coefficient (Wildman–Crippen LogP) is 2.54. The first-order chi connectivity index (χ1) is 11.5. The van der Waals surface area contributed by atoms with Crippen LogP contribution in [0.25, 0.3) is 5.52 Å². The number of fused-ring (bicyclic) bond motifs is 2. The fraction of sp³-hybridized carbons (Fsp3) is 0.278. The second-order valence-corrected chi connectivity index (χ2v) is 6.59. The number of carbonyl (C=O) groups excluding carboxylic acids is 1. The predicted molar refractivity (Wildman–Crippen MR) is 88.9 cm³/mol. The summed E-state index contributed by atoms with van der Waals surface area (Å²) in [7, 11) is 0. The first-order valence-electron chi connectivity index (χ1n) is 7.89. The molecule has 1 aromatic carbocycles. The molecule has 0 radical (unpaired) electrons. The molecule has 24 heavy (non-hydrogen) atoms. The molecule has 0 bridgehead atoms. The number of para-hydroxylation sites is 1. The van der Waals surface area contributed by atoms with Crippen LogP contribution in [0, 0.1) is 0 Å². The van der Waals surface area contributed by atoms with Crippen LogP contribution in [0.4, 0.5) is 0 Å². The molecule has 6 nitrogen and oxygen atoms in total. The van der Waals surface area contributed by atoms with Gasteiger partial charge < -0.3 is 9.64 Å². The minimum absolute atomic E-state index is 0.0635. The first kappa shape index (κ1) is 14.7. The van der Waals surface area contributed by atoms with Gasteiger partial charge in [0.15, 0.2) is 0 Å². The van der Waals surface area contributed by atoms with E-state index < -0.39 is 5.60 Å². The van der Waals surface area contributed by atoms with Crippen molar-refractivity contribution < 1.29 is 9.53 Å². The number of rotatable bonds is 1. The summed E-state index contributed by atoms with van der Waals surface area (Å²) in [6.45, 7) is 4.99. The molecule has 0 saturated carbocycles. The normalized spacial score (nSPS) is 16.3. The summed E-state index contributed by atoms with van der Waals surface area (Å²) >= 11 is 0. The summed E-state index contributed by atoms with van der Waals surface area (Å²) in [5.41, 5.74) is 1.80. The zero-order chi connectivity index (χ0) is 16.7. The second-order valence-electron chi connectivity index (χ2n) is 6.59. The molecule has 122 valence electrons. The highest BCUT2D eigenvalue weighted by atomic mass is 16.5. The van der Waals surface area contributed by atoms with Crippen LogP contribution in [-0.4, -0.2) is 37.8 Å². The smallest absolute Gasteiger partial charge is 0.258 e. The largest absolute Gasteiger partial charge is 0.486 e. The highest BCUT2D eigenvalue weighted by Gasteiger charge is 2.32. The molecule has 0 fully saturated rings. The van der Waals surface area contributed by atoms with Gasteiger partial charge in [0.1, 0.15) is 16.9 Å². The van der Waals surface area contributed by atoms with Crippen molar-refractivity contribution in [3.63, 3.8) is 0 Å². The summed E-state index contributed by atoms with van der Waals surface area (Å²) < 4.78 is 7.58. The third kappa shape index (κ3) is 2.50. The van der Waals surface area contributed by atoms with Gasteiger partial charge in [-0.2, -0.15) is 14.8 Å². The summed E-state index contributed by atoms with van der Waals surface area (Å²) in [4.78, 5) is 14.9. The molecule has 0 spiro atoms. The SMILES string of the molecule is CC1(C)CN(C(=O)c2cnn3ncccc23)Cc2ccccc2O1. The minimum Gasteiger partial charge on any atom is -0.486 e. The van der Waals surface area contributed by atoms with Crippen molar-refractivity contribution >= 4 is 11.4 Å². The van der Waals surface area contributed by atoms with Gasteiger partial charge in [-0.1, -0.05) is 18.2 Å². The fourth-order valence-electron chi connectivity index (χ4n) is 3.10. The van der Waals surface area contributed by atoms with Crippen molar-refractivity contribution in [3.05, 3.63) is 59.9 Å². The quantitative estimate of drug-likeness (QED) is 0.691. The number of amides is 1. The highest BCUT2D eigenvalue weighted by molar-refractivity contribution is 6.00. The van der Waals surface area contributed by atoms with Crippen LogP contribution in [0.3, 0.4) is 0 Å². The van der Waals surface area contributed by atoms with Crippen LogP contribution < -0.4 is 4.74 Å². The Morgan fingerprint density at radius 3 is 2.88 bits per heavy atom. The van der Waals surface area contributed by atoms with Gasteiger partial charge in [-0.15, -0.1) is 0 Å². The second kappa shape index (κ2) is 5.33. The lowest BCUT2D eigenvalue weighted by molar-refractivity contribution is 0.0502. The van der Waals surface area contributed by atoms with Gasteiger partial charge in [0.25, 0.3) is 5.91 Å². The summed E-state index contributed by atoms with van der Waals surface area (Å²) in [6, 6.07) is 11.5. The van der Waals surface area contributed by atoms with Crippen molar-refractivity contribution in [2.24, 2.45) is 0 Å². The molecule has 2 aromatic heterocycles. The molecule has 6 heteroatoms. The van der Waals surface area contributed by atoms with Crippen molar-refractivity contribution in [2.75, 3.05) is 6.54 Å². The lowest BCUT2D eigenvalue weighted by atomic mass is 10.1. The Morgan fingerprint density at radius 1 is 1.17 bits per heavy atom. The van der Waals surface area contributed by atoms with Crippen LogP contribution in [0.2, 0.25) is 0 Å². The standard InChI is InChI=1S/C18H18N4O2/c1-18(2)12-21(11-13-6-3-4-8-16(13)24-18)17(23)14-10-20-22-15(14)7-5-9-19-22/h3-10H,11-12H2,1-2H3. The summed E-state index contributed by atoms with van der Waals surface area (Å²) in [6.07, 6.45) is 3.22. The van der Waals surface area contributed by atoms with Crippen molar-refractivity contribution in [1.82, 2.24) is 19.7 Å². The molecule has 3 aromatic rings. The fourth-order valence-corrected chi connectivity index (χ4v) is 3.10. The van der Waals surface area contributed by atoms with Gasteiger partial charge in [0.2, 0.25) is 0 Å². The van der Waals surface area contributed by atoms with Gasteiger partial charge >= 0.3 is 0 Å². The summed E-state index contributed by atoms with van der Waals surface area (Å²) in [5, 5.41) is 8.29. The Balaban J connectivity index is 1.74. The van der Waals surface area contributed by atoms with Gasteiger partial charge in [-0.05, 0) is 32.0 Å². The van der Waals surface area contributed by atoms with Crippen LogP contribution in [0.15, 0.2) is 48.8 Å². The number of carbonyl (C=O) groups is 1. The number of ether oxygens (including phenoxy) is 1. The zero-order valence-electron chi connectivity index (χ0n) is 13.6. The van der Waals surface area contributed by atoms with E-state index >= 15 is 0 Å². The Bertz CT molecular complexity index is 916. The highest BCUT2D eigenvalue weighted by Crippen LogP contribution is 2.30. The van der Waals surface area contributed by atoms with E-state index in [1.165, 1.54) is 4.63 Å². The van der Waals surface area contributed by atoms with E-state index in [0.717, 1.165) is 11.3 Å². The molecule has 3 heterocycles. The molecule has 0 N–H and O–H groups in total. The maximum Gasteiger partial charge on any atom is 0.258 e. The Kier molecular flexibility index (Phi) is 3.26. The van der Waals surface area contributed by atoms with Crippen LogP contribution in [-0.2, 0) is 6.54 Å². The van der Waals surface area contributed by atoms with E-state index in [0.29, 0.717) is 24.2 Å². The van der Waals surface area contributed by atoms with E-state index in [4.69, 9.17) is 4.74 Å². The number of hydrogen-bond donors (Lipinski definition) is 0. The maximum atomic E-state index is 13.1. The number of nitrogens with zero attached hydrogens (tertiary/aromatic N) is 4. The third-order valence-electron chi connectivity index (χ3n) is 4.11. The van der Waals surface area contributed by atoms with E-state index in [2.05, 4.69) is 10.2 Å². The van der Waals surface area contributed by atoms with E-state index in [9.17, 15) is 4.79 Å². The van der Waals surface area contributed by atoms with Gasteiger partial charge in [-0.3, -0.25) is 4.79 Å². The molecule has 0 saturated heterocycles. The minimum atomic E-state index is -0.469. The Labute approximate surface area is 139 Å². The van der Waals surface area contributed by atoms with Crippen LogP contribution in [0.5, 0.6) is 5.75 Å². The molecule has 1 amide bonds. The molecular formula is C18H18N4O2. The topological polar surface area (TPSA) is 59.7 Å². The van der Waals surface area contributed by atoms with Crippen molar-refractivity contribution in [1.29, 1.82) is 0 Å². The number of hydrogen-bond acceptors (Lipinski definition) is 4. The molecule has 4 rings (SSSR count). The van der Waals surface area contributed by atoms with E-state index in [-0.39, 0.29) is 5.91 Å². The number of aromatic nitrogens is 3. The van der Waals surface area contributed by atoms with Gasteiger partial charge in [-0.25, -0.2) is 0 Å². The molecule has 0 unspecified atom stereocenters. The van der Waals surface area contributed by atoms with Crippen molar-refractivity contribution in [2.45, 2.75) is 26.0 Å². The molecule has 0 atom stereocenters. The van der Waals surface area contributed by atoms with Crippen LogP contribution >= 0.6 is 0 Å².